The van der Waals surface area contributed by atoms with E-state index in [1.54, 1.807) is 6.33 Å². The molecule has 1 unspecified atom stereocenters. The van der Waals surface area contributed by atoms with Crippen molar-refractivity contribution in [2.75, 3.05) is 13.6 Å². The second-order valence-corrected chi connectivity index (χ2v) is 9.12. The molecule has 0 N–H and O–H groups in total. The summed E-state index contributed by atoms with van der Waals surface area (Å²) in [5.74, 6) is 0.406. The van der Waals surface area contributed by atoms with Gasteiger partial charge in [0.2, 0.25) is 0 Å². The Hall–Kier alpha value is -3.08. The highest BCUT2D eigenvalue weighted by molar-refractivity contribution is 7.17. The number of thiophene rings is 1. The summed E-state index contributed by atoms with van der Waals surface area (Å²) in [4.78, 5) is 11.0. The van der Waals surface area contributed by atoms with E-state index in [0.29, 0.717) is 5.92 Å². The van der Waals surface area contributed by atoms with Crippen molar-refractivity contribution in [1.82, 2.24) is 14.9 Å². The molecule has 1 aliphatic rings. The van der Waals surface area contributed by atoms with Crippen LogP contribution >= 0.6 is 11.3 Å². The Bertz CT molecular complexity index is 1390. The number of hydrogen-bond acceptors (Lipinski definition) is 4. The number of likely N-dealkylation sites (N-methyl/N-ethyl adjacent to an activating group) is 1. The van der Waals surface area contributed by atoms with Gasteiger partial charge in [0.25, 0.3) is 0 Å². The van der Waals surface area contributed by atoms with E-state index in [-0.39, 0.29) is 0 Å². The highest BCUT2D eigenvalue weighted by atomic mass is 32.1. The third-order valence-corrected chi connectivity index (χ3v) is 7.06. The SMILES string of the molecule is CN1Cc2cc(-c3ccc4cncnc4c3)ccc2C(c2ccc3ccsc3c2)C1. The van der Waals surface area contributed by atoms with E-state index in [1.165, 1.54) is 37.9 Å². The van der Waals surface area contributed by atoms with Gasteiger partial charge >= 0.3 is 0 Å². The maximum Gasteiger partial charge on any atom is 0.116 e. The molecule has 0 bridgehead atoms. The molecule has 0 amide bonds. The summed E-state index contributed by atoms with van der Waals surface area (Å²) in [6, 6.07) is 22.6. The number of nitrogens with zero attached hydrogens (tertiary/aromatic N) is 3. The lowest BCUT2D eigenvalue weighted by molar-refractivity contribution is 0.295. The largest absolute Gasteiger partial charge is 0.301 e. The first-order valence-corrected chi connectivity index (χ1v) is 11.1. The molecule has 0 saturated heterocycles. The summed E-state index contributed by atoms with van der Waals surface area (Å²) in [7, 11) is 2.22. The molecule has 1 atom stereocenters. The summed E-state index contributed by atoms with van der Waals surface area (Å²) in [5, 5.41) is 4.59. The molecular weight excluding hydrogens is 386 g/mol. The van der Waals surface area contributed by atoms with Gasteiger partial charge in [-0.2, -0.15) is 0 Å². The normalized spacial score (nSPS) is 16.8. The molecule has 1 aliphatic heterocycles. The summed E-state index contributed by atoms with van der Waals surface area (Å²) in [5.41, 5.74) is 7.72. The zero-order valence-electron chi connectivity index (χ0n) is 16.7. The van der Waals surface area contributed by atoms with Gasteiger partial charge in [0, 0.05) is 35.3 Å². The molecule has 4 heteroatoms. The monoisotopic (exact) mass is 407 g/mol. The molecular formula is C26H21N3S. The first kappa shape index (κ1) is 17.8. The fourth-order valence-electron chi connectivity index (χ4n) is 4.65. The van der Waals surface area contributed by atoms with Gasteiger partial charge in [0.05, 0.1) is 5.52 Å². The fraction of sp³-hybridized carbons (Fsp3) is 0.154. The Morgan fingerprint density at radius 2 is 1.80 bits per heavy atom. The van der Waals surface area contributed by atoms with E-state index < -0.39 is 0 Å². The Morgan fingerprint density at radius 1 is 0.933 bits per heavy atom. The molecule has 3 heterocycles. The van der Waals surface area contributed by atoms with Gasteiger partial charge in [-0.25, -0.2) is 9.97 Å². The van der Waals surface area contributed by atoms with Gasteiger partial charge in [-0.1, -0.05) is 36.4 Å². The summed E-state index contributed by atoms with van der Waals surface area (Å²) >= 11 is 1.82. The molecule has 146 valence electrons. The highest BCUT2D eigenvalue weighted by Gasteiger charge is 2.25. The second kappa shape index (κ2) is 7.01. The van der Waals surface area contributed by atoms with E-state index in [2.05, 4.69) is 88.0 Å². The van der Waals surface area contributed by atoms with Crippen LogP contribution in [0.15, 0.2) is 78.6 Å². The van der Waals surface area contributed by atoms with Crippen molar-refractivity contribution in [3.8, 4) is 11.1 Å². The fourth-order valence-corrected chi connectivity index (χ4v) is 5.49. The third kappa shape index (κ3) is 3.00. The van der Waals surface area contributed by atoms with Crippen LogP contribution in [0, 0.1) is 0 Å². The number of benzene rings is 3. The summed E-state index contributed by atoms with van der Waals surface area (Å²) < 4.78 is 1.37. The second-order valence-electron chi connectivity index (χ2n) is 8.18. The molecule has 0 aliphatic carbocycles. The minimum absolute atomic E-state index is 0.406. The van der Waals surface area contributed by atoms with Crippen molar-refractivity contribution >= 4 is 32.3 Å². The lowest BCUT2D eigenvalue weighted by Gasteiger charge is -2.33. The highest BCUT2D eigenvalue weighted by Crippen LogP contribution is 2.37. The predicted octanol–water partition coefficient (Wildman–Crippen LogP) is 6.09. The van der Waals surface area contributed by atoms with E-state index >= 15 is 0 Å². The quantitative estimate of drug-likeness (QED) is 0.355. The molecule has 3 aromatic carbocycles. The van der Waals surface area contributed by atoms with Crippen LogP contribution in [0.1, 0.15) is 22.6 Å². The minimum atomic E-state index is 0.406. The van der Waals surface area contributed by atoms with Crippen molar-refractivity contribution in [1.29, 1.82) is 0 Å². The molecule has 6 rings (SSSR count). The van der Waals surface area contributed by atoms with Gasteiger partial charge < -0.3 is 4.90 Å². The van der Waals surface area contributed by atoms with Crippen LogP contribution in [-0.4, -0.2) is 28.5 Å². The number of rotatable bonds is 2. The first-order valence-electron chi connectivity index (χ1n) is 10.2. The van der Waals surface area contributed by atoms with Gasteiger partial charge in [-0.15, -0.1) is 11.3 Å². The Morgan fingerprint density at radius 3 is 2.77 bits per heavy atom. The Balaban J connectivity index is 1.43. The van der Waals surface area contributed by atoms with Crippen LogP contribution in [0.25, 0.3) is 32.1 Å². The van der Waals surface area contributed by atoms with Crippen molar-refractivity contribution in [3.63, 3.8) is 0 Å². The molecule has 30 heavy (non-hydrogen) atoms. The zero-order chi connectivity index (χ0) is 20.1. The molecule has 0 radical (unpaired) electrons. The van der Waals surface area contributed by atoms with E-state index in [9.17, 15) is 0 Å². The average Bonchev–Trinajstić information content (AvgIpc) is 3.25. The summed E-state index contributed by atoms with van der Waals surface area (Å²) in [6.45, 7) is 2.03. The molecule has 2 aromatic heterocycles. The maximum atomic E-state index is 4.42. The van der Waals surface area contributed by atoms with Crippen LogP contribution in [0.2, 0.25) is 0 Å². The van der Waals surface area contributed by atoms with Gasteiger partial charge in [0.1, 0.15) is 6.33 Å². The molecule has 3 nitrogen and oxygen atoms in total. The Labute approximate surface area is 179 Å². The van der Waals surface area contributed by atoms with Gasteiger partial charge in [-0.05, 0) is 69.9 Å². The molecule has 0 fully saturated rings. The van der Waals surface area contributed by atoms with Crippen LogP contribution in [0.5, 0.6) is 0 Å². The van der Waals surface area contributed by atoms with E-state index in [1.807, 2.05) is 17.5 Å². The summed E-state index contributed by atoms with van der Waals surface area (Å²) in [6.07, 6.45) is 3.48. The smallest absolute Gasteiger partial charge is 0.116 e. The van der Waals surface area contributed by atoms with E-state index in [0.717, 1.165) is 24.0 Å². The number of hydrogen-bond donors (Lipinski definition) is 0. The van der Waals surface area contributed by atoms with Gasteiger partial charge in [-0.3, -0.25) is 0 Å². The maximum absolute atomic E-state index is 4.42. The molecule has 0 saturated carbocycles. The van der Waals surface area contributed by atoms with Crippen LogP contribution in [0.3, 0.4) is 0 Å². The third-order valence-electron chi connectivity index (χ3n) is 6.18. The predicted molar refractivity (Wildman–Crippen MR) is 125 cm³/mol. The number of aromatic nitrogens is 2. The average molecular weight is 408 g/mol. The van der Waals surface area contributed by atoms with Crippen LogP contribution in [-0.2, 0) is 6.54 Å². The molecule has 0 spiro atoms. The van der Waals surface area contributed by atoms with Crippen molar-refractivity contribution < 1.29 is 0 Å². The van der Waals surface area contributed by atoms with Crippen LogP contribution in [0.4, 0.5) is 0 Å². The van der Waals surface area contributed by atoms with Crippen molar-refractivity contribution in [2.45, 2.75) is 12.5 Å². The Kier molecular flexibility index (Phi) is 4.15. The lowest BCUT2D eigenvalue weighted by Crippen LogP contribution is -2.31. The first-order chi connectivity index (χ1) is 14.7. The standard InChI is InChI=1S/C26H21N3S/c1-29-14-22-10-18(19-3-5-21-13-27-16-28-25(21)11-19)6-7-23(22)24(15-29)20-4-2-17-8-9-30-26(17)12-20/h2-13,16,24H,14-15H2,1H3. The van der Waals surface area contributed by atoms with Crippen molar-refractivity contribution in [2.24, 2.45) is 0 Å². The zero-order valence-corrected chi connectivity index (χ0v) is 17.6. The van der Waals surface area contributed by atoms with E-state index in [4.69, 9.17) is 0 Å². The minimum Gasteiger partial charge on any atom is -0.301 e. The van der Waals surface area contributed by atoms with Gasteiger partial charge in [0.15, 0.2) is 0 Å². The topological polar surface area (TPSA) is 29.0 Å². The lowest BCUT2D eigenvalue weighted by atomic mass is 9.83. The molecule has 5 aromatic rings. The number of fused-ring (bicyclic) bond motifs is 3. The van der Waals surface area contributed by atoms with Crippen molar-refractivity contribution in [3.05, 3.63) is 95.3 Å². The van der Waals surface area contributed by atoms with Crippen LogP contribution < -0.4 is 0 Å².